The normalized spacial score (nSPS) is 10.7. The Labute approximate surface area is 209 Å². The Kier molecular flexibility index (Phi) is 9.31. The minimum absolute atomic E-state index is 0.223. The average Bonchev–Trinajstić information content (AvgIpc) is 3.29. The molecule has 3 rings (SSSR count). The zero-order chi connectivity index (χ0) is 25.2. The van der Waals surface area contributed by atoms with Crippen molar-refractivity contribution in [2.75, 3.05) is 32.8 Å². The predicted octanol–water partition coefficient (Wildman–Crippen LogP) is 6.05. The number of esters is 1. The number of amides is 1. The molecule has 0 atom stereocenters. The first-order valence-electron chi connectivity index (χ1n) is 11.2. The third-order valence-electron chi connectivity index (χ3n) is 5.00. The summed E-state index contributed by atoms with van der Waals surface area (Å²) in [6.45, 7) is 4.65. The minimum atomic E-state index is -0.496. The van der Waals surface area contributed by atoms with Gasteiger partial charge < -0.3 is 24.3 Å². The van der Waals surface area contributed by atoms with Crippen LogP contribution in [0.2, 0.25) is 0 Å². The maximum absolute atomic E-state index is 12.8. The fraction of sp³-hybridized carbons (Fsp3) is 0.259. The van der Waals surface area contributed by atoms with Crippen LogP contribution in [-0.4, -0.2) is 39.3 Å². The van der Waals surface area contributed by atoms with Crippen molar-refractivity contribution in [3.8, 4) is 28.4 Å². The van der Waals surface area contributed by atoms with Crippen LogP contribution in [0.25, 0.3) is 17.2 Å². The highest BCUT2D eigenvalue weighted by molar-refractivity contribution is 7.15. The molecule has 1 aromatic heterocycles. The van der Waals surface area contributed by atoms with Gasteiger partial charge in [0, 0.05) is 22.6 Å². The molecule has 0 unspecified atom stereocenters. The topological polar surface area (TPSA) is 83.1 Å². The van der Waals surface area contributed by atoms with Gasteiger partial charge in [-0.2, -0.15) is 0 Å². The number of rotatable bonds is 11. The summed E-state index contributed by atoms with van der Waals surface area (Å²) in [5, 5.41) is 5.06. The monoisotopic (exact) mass is 495 g/mol. The molecule has 8 heteroatoms. The molecule has 0 aliphatic carbocycles. The van der Waals surface area contributed by atoms with Gasteiger partial charge in [0.25, 0.3) is 0 Å². The highest BCUT2D eigenvalue weighted by Gasteiger charge is 2.22. The van der Waals surface area contributed by atoms with Crippen molar-refractivity contribution in [1.29, 1.82) is 0 Å². The highest BCUT2D eigenvalue weighted by Crippen LogP contribution is 2.37. The molecule has 184 valence electrons. The maximum Gasteiger partial charge on any atom is 0.341 e. The molecule has 0 saturated heterocycles. The fourth-order valence-electron chi connectivity index (χ4n) is 3.31. The molecular formula is C27H29NO6S. The van der Waals surface area contributed by atoms with Crippen molar-refractivity contribution in [1.82, 2.24) is 0 Å². The molecule has 1 amide bonds. The lowest BCUT2D eigenvalue weighted by atomic mass is 10.0. The number of ether oxygens (including phenoxy) is 4. The summed E-state index contributed by atoms with van der Waals surface area (Å²) in [7, 11) is 3.12. The van der Waals surface area contributed by atoms with Gasteiger partial charge in [0.15, 0.2) is 0 Å². The third-order valence-corrected chi connectivity index (χ3v) is 5.89. The quantitative estimate of drug-likeness (QED) is 0.258. The fourth-order valence-corrected chi connectivity index (χ4v) is 4.27. The van der Waals surface area contributed by atoms with Crippen LogP contribution in [0, 0.1) is 0 Å². The first-order valence-corrected chi connectivity index (χ1v) is 12.1. The molecular weight excluding hydrogens is 466 g/mol. The number of carbonyl (C=O) groups is 2. The number of thiophene rings is 1. The van der Waals surface area contributed by atoms with Crippen molar-refractivity contribution in [2.45, 2.75) is 20.3 Å². The molecule has 0 bridgehead atoms. The molecule has 35 heavy (non-hydrogen) atoms. The van der Waals surface area contributed by atoms with E-state index >= 15 is 0 Å². The molecule has 7 nitrogen and oxygen atoms in total. The first-order chi connectivity index (χ1) is 17.0. The Balaban J connectivity index is 1.85. The van der Waals surface area contributed by atoms with Crippen LogP contribution in [0.15, 0.2) is 53.9 Å². The van der Waals surface area contributed by atoms with Crippen molar-refractivity contribution in [3.63, 3.8) is 0 Å². The second-order valence-corrected chi connectivity index (χ2v) is 8.26. The highest BCUT2D eigenvalue weighted by atomic mass is 32.1. The molecule has 0 fully saturated rings. The minimum Gasteiger partial charge on any atom is -0.497 e. The summed E-state index contributed by atoms with van der Waals surface area (Å²) in [6.07, 6.45) is 3.93. The number of methoxy groups -OCH3 is 2. The summed E-state index contributed by atoms with van der Waals surface area (Å²) >= 11 is 1.26. The molecule has 0 aliphatic rings. The molecule has 0 aliphatic heterocycles. The van der Waals surface area contributed by atoms with Crippen molar-refractivity contribution >= 4 is 34.3 Å². The second kappa shape index (κ2) is 12.6. The van der Waals surface area contributed by atoms with Crippen molar-refractivity contribution in [2.24, 2.45) is 0 Å². The van der Waals surface area contributed by atoms with E-state index in [1.807, 2.05) is 36.6 Å². The van der Waals surface area contributed by atoms with E-state index in [4.69, 9.17) is 18.9 Å². The maximum atomic E-state index is 12.8. The van der Waals surface area contributed by atoms with Gasteiger partial charge in [-0.3, -0.25) is 4.79 Å². The lowest BCUT2D eigenvalue weighted by Crippen LogP contribution is -2.12. The Morgan fingerprint density at radius 3 is 2.40 bits per heavy atom. The molecule has 0 radical (unpaired) electrons. The van der Waals surface area contributed by atoms with E-state index in [0.717, 1.165) is 17.7 Å². The van der Waals surface area contributed by atoms with Gasteiger partial charge in [-0.25, -0.2) is 4.79 Å². The number of benzene rings is 2. The van der Waals surface area contributed by atoms with Crippen molar-refractivity contribution in [3.05, 3.63) is 65.0 Å². The van der Waals surface area contributed by atoms with E-state index in [9.17, 15) is 9.59 Å². The number of hydrogen-bond acceptors (Lipinski definition) is 7. The molecule has 0 saturated carbocycles. The van der Waals surface area contributed by atoms with Crippen LogP contribution in [0.4, 0.5) is 5.00 Å². The van der Waals surface area contributed by atoms with E-state index in [1.54, 1.807) is 45.4 Å². The average molecular weight is 496 g/mol. The van der Waals surface area contributed by atoms with Gasteiger partial charge >= 0.3 is 5.97 Å². The van der Waals surface area contributed by atoms with E-state index < -0.39 is 11.9 Å². The number of carbonyl (C=O) groups excluding carboxylic acids is 2. The Bertz CT molecular complexity index is 1180. The first kappa shape index (κ1) is 25.8. The van der Waals surface area contributed by atoms with Crippen LogP contribution in [0.1, 0.15) is 36.2 Å². The summed E-state index contributed by atoms with van der Waals surface area (Å²) in [5.41, 5.74) is 2.51. The number of hydrogen-bond donors (Lipinski definition) is 1. The van der Waals surface area contributed by atoms with Gasteiger partial charge in [-0.1, -0.05) is 19.1 Å². The molecule has 2 aromatic carbocycles. The lowest BCUT2D eigenvalue weighted by molar-refractivity contribution is -0.111. The molecule has 1 N–H and O–H groups in total. The van der Waals surface area contributed by atoms with Gasteiger partial charge in [0.2, 0.25) is 5.91 Å². The van der Waals surface area contributed by atoms with Crippen LogP contribution in [-0.2, 0) is 9.53 Å². The van der Waals surface area contributed by atoms with E-state index in [-0.39, 0.29) is 6.61 Å². The smallest absolute Gasteiger partial charge is 0.341 e. The standard InChI is InChI=1S/C27H29NO6S/c1-5-15-34-20-10-7-18(8-11-20)22-17-35-26(25(22)27(30)33-6-2)28-24(29)14-9-19-16-21(31-3)12-13-23(19)32-4/h7-14,16-17H,5-6,15H2,1-4H3,(H,28,29)/b14-9+. The van der Waals surface area contributed by atoms with Gasteiger partial charge in [-0.05, 0) is 55.3 Å². The summed E-state index contributed by atoms with van der Waals surface area (Å²) in [6, 6.07) is 12.8. The SMILES string of the molecule is CCCOc1ccc(-c2csc(NC(=O)/C=C/c3cc(OC)ccc3OC)c2C(=O)OCC)cc1. The second-order valence-electron chi connectivity index (χ2n) is 7.38. The lowest BCUT2D eigenvalue weighted by Gasteiger charge is -2.09. The molecule has 3 aromatic rings. The van der Waals surface area contributed by atoms with Crippen LogP contribution in [0.5, 0.6) is 17.2 Å². The number of anilines is 1. The van der Waals surface area contributed by atoms with Crippen LogP contribution < -0.4 is 19.5 Å². The van der Waals surface area contributed by atoms with E-state index in [2.05, 4.69) is 5.32 Å². The van der Waals surface area contributed by atoms with Crippen LogP contribution in [0.3, 0.4) is 0 Å². The predicted molar refractivity (Wildman–Crippen MR) is 139 cm³/mol. The number of nitrogens with one attached hydrogen (secondary N) is 1. The Morgan fingerprint density at radius 1 is 1.00 bits per heavy atom. The van der Waals surface area contributed by atoms with Crippen LogP contribution >= 0.6 is 11.3 Å². The Hall–Kier alpha value is -3.78. The summed E-state index contributed by atoms with van der Waals surface area (Å²) in [5.74, 6) is 1.12. The van der Waals surface area contributed by atoms with Gasteiger partial charge in [-0.15, -0.1) is 11.3 Å². The van der Waals surface area contributed by atoms with Gasteiger partial charge in [0.1, 0.15) is 27.8 Å². The summed E-state index contributed by atoms with van der Waals surface area (Å²) < 4.78 is 21.5. The van der Waals surface area contributed by atoms with E-state index in [1.165, 1.54) is 17.4 Å². The Morgan fingerprint density at radius 2 is 1.74 bits per heavy atom. The molecule has 1 heterocycles. The zero-order valence-corrected chi connectivity index (χ0v) is 21.1. The van der Waals surface area contributed by atoms with E-state index in [0.29, 0.717) is 39.8 Å². The van der Waals surface area contributed by atoms with Crippen molar-refractivity contribution < 1.29 is 28.5 Å². The third kappa shape index (κ3) is 6.64. The molecule has 0 spiro atoms. The largest absolute Gasteiger partial charge is 0.497 e. The zero-order valence-electron chi connectivity index (χ0n) is 20.3. The van der Waals surface area contributed by atoms with Gasteiger partial charge in [0.05, 0.1) is 27.4 Å². The summed E-state index contributed by atoms with van der Waals surface area (Å²) in [4.78, 5) is 25.5.